The number of nitrogens with one attached hydrogen (secondary N) is 1. The first-order valence-corrected chi connectivity index (χ1v) is 6.64. The highest BCUT2D eigenvalue weighted by molar-refractivity contribution is 5.82. The van der Waals surface area contributed by atoms with Gasteiger partial charge in [0.2, 0.25) is 5.91 Å². The van der Waals surface area contributed by atoms with Gasteiger partial charge in [0, 0.05) is 12.1 Å². The van der Waals surface area contributed by atoms with E-state index in [0.29, 0.717) is 12.1 Å². The lowest BCUT2D eigenvalue weighted by Gasteiger charge is -2.34. The van der Waals surface area contributed by atoms with Crippen molar-refractivity contribution in [3.8, 4) is 0 Å². The molecule has 1 rings (SSSR count). The van der Waals surface area contributed by atoms with Crippen LogP contribution in [0.15, 0.2) is 0 Å². The van der Waals surface area contributed by atoms with E-state index in [2.05, 4.69) is 24.3 Å². The van der Waals surface area contributed by atoms with Crippen molar-refractivity contribution in [1.29, 1.82) is 0 Å². The predicted octanol–water partition coefficient (Wildman–Crippen LogP) is 0.959. The molecular formula is C13H27N3O. The third-order valence-corrected chi connectivity index (χ3v) is 3.74. The van der Waals surface area contributed by atoms with Crippen molar-refractivity contribution >= 4 is 5.91 Å². The van der Waals surface area contributed by atoms with E-state index >= 15 is 0 Å². The molecule has 0 radical (unpaired) electrons. The minimum atomic E-state index is -0.380. The van der Waals surface area contributed by atoms with E-state index < -0.39 is 0 Å². The Morgan fingerprint density at radius 2 is 2.00 bits per heavy atom. The van der Waals surface area contributed by atoms with E-state index in [1.54, 1.807) is 0 Å². The van der Waals surface area contributed by atoms with Crippen LogP contribution in [0.2, 0.25) is 0 Å². The smallest absolute Gasteiger partial charge is 0.237 e. The van der Waals surface area contributed by atoms with Crippen molar-refractivity contribution in [3.05, 3.63) is 0 Å². The zero-order valence-corrected chi connectivity index (χ0v) is 11.6. The topological polar surface area (TPSA) is 58.4 Å². The Hall–Kier alpha value is -0.610. The highest BCUT2D eigenvalue weighted by Crippen LogP contribution is 2.21. The molecule has 1 aliphatic rings. The summed E-state index contributed by atoms with van der Waals surface area (Å²) in [5, 5.41) is 3.09. The Morgan fingerprint density at radius 1 is 1.35 bits per heavy atom. The molecule has 0 spiro atoms. The van der Waals surface area contributed by atoms with Crippen LogP contribution in [0.5, 0.6) is 0 Å². The lowest BCUT2D eigenvalue weighted by atomic mass is 9.90. The van der Waals surface area contributed by atoms with Crippen LogP contribution < -0.4 is 11.1 Å². The molecule has 1 fully saturated rings. The third kappa shape index (κ3) is 4.28. The molecule has 0 saturated heterocycles. The summed E-state index contributed by atoms with van der Waals surface area (Å²) in [5.74, 6) is 0.202. The van der Waals surface area contributed by atoms with E-state index in [1.807, 2.05) is 13.8 Å². The molecule has 4 nitrogen and oxygen atoms in total. The van der Waals surface area contributed by atoms with Crippen molar-refractivity contribution in [2.45, 2.75) is 57.7 Å². The number of nitrogens with two attached hydrogens (primary N) is 1. The first-order valence-electron chi connectivity index (χ1n) is 6.64. The summed E-state index contributed by atoms with van der Waals surface area (Å²) in [7, 11) is 4.21. The molecule has 0 aromatic rings. The van der Waals surface area contributed by atoms with Crippen molar-refractivity contribution in [2.24, 2.45) is 11.7 Å². The lowest BCUT2D eigenvalue weighted by Crippen LogP contribution is -2.50. The first-order chi connectivity index (χ1) is 7.91. The summed E-state index contributed by atoms with van der Waals surface area (Å²) < 4.78 is 0. The van der Waals surface area contributed by atoms with E-state index in [9.17, 15) is 4.79 Å². The third-order valence-electron chi connectivity index (χ3n) is 3.74. The molecule has 1 aliphatic carbocycles. The number of amides is 1. The molecule has 2 unspecified atom stereocenters. The lowest BCUT2D eigenvalue weighted by molar-refractivity contribution is -0.124. The van der Waals surface area contributed by atoms with Gasteiger partial charge in [-0.2, -0.15) is 0 Å². The second-order valence-electron chi connectivity index (χ2n) is 5.76. The average Bonchev–Trinajstić information content (AvgIpc) is 2.28. The van der Waals surface area contributed by atoms with E-state index in [-0.39, 0.29) is 17.9 Å². The summed E-state index contributed by atoms with van der Waals surface area (Å²) in [4.78, 5) is 14.1. The first kappa shape index (κ1) is 14.5. The molecule has 3 atom stereocenters. The van der Waals surface area contributed by atoms with Gasteiger partial charge in [0.25, 0.3) is 0 Å². The van der Waals surface area contributed by atoms with E-state index in [4.69, 9.17) is 5.73 Å². The van der Waals surface area contributed by atoms with Gasteiger partial charge in [-0.3, -0.25) is 4.79 Å². The summed E-state index contributed by atoms with van der Waals surface area (Å²) in [5.41, 5.74) is 5.85. The highest BCUT2D eigenvalue weighted by atomic mass is 16.2. The van der Waals surface area contributed by atoms with Crippen molar-refractivity contribution in [1.82, 2.24) is 10.2 Å². The van der Waals surface area contributed by atoms with Crippen LogP contribution in [0.1, 0.15) is 39.5 Å². The highest BCUT2D eigenvalue weighted by Gasteiger charge is 2.26. The van der Waals surface area contributed by atoms with Gasteiger partial charge < -0.3 is 16.0 Å². The Kier molecular flexibility index (Phi) is 5.40. The molecular weight excluding hydrogens is 214 g/mol. The molecule has 3 N–H and O–H groups in total. The summed E-state index contributed by atoms with van der Waals surface area (Å²) >= 11 is 0. The van der Waals surface area contributed by atoms with E-state index in [0.717, 1.165) is 12.8 Å². The maximum Gasteiger partial charge on any atom is 0.237 e. The maximum absolute atomic E-state index is 11.9. The number of hydrogen-bond donors (Lipinski definition) is 2. The van der Waals surface area contributed by atoms with Crippen LogP contribution in [0.3, 0.4) is 0 Å². The summed E-state index contributed by atoms with van der Waals surface area (Å²) in [6.45, 7) is 3.96. The van der Waals surface area contributed by atoms with Gasteiger partial charge in [-0.25, -0.2) is 0 Å². The monoisotopic (exact) mass is 241 g/mol. The Morgan fingerprint density at radius 3 is 2.53 bits per heavy atom. The second-order valence-corrected chi connectivity index (χ2v) is 5.76. The zero-order valence-electron chi connectivity index (χ0n) is 11.6. The zero-order chi connectivity index (χ0) is 13.0. The molecule has 0 bridgehead atoms. The fourth-order valence-corrected chi connectivity index (χ4v) is 2.36. The summed E-state index contributed by atoms with van der Waals surface area (Å²) in [6.07, 6.45) is 4.55. The molecule has 1 saturated carbocycles. The number of carbonyl (C=O) groups excluding carboxylic acids is 1. The van der Waals surface area contributed by atoms with Gasteiger partial charge in [-0.15, -0.1) is 0 Å². The van der Waals surface area contributed by atoms with Gasteiger partial charge in [-0.1, -0.05) is 13.8 Å². The maximum atomic E-state index is 11.9. The van der Waals surface area contributed by atoms with Gasteiger partial charge in [0.1, 0.15) is 0 Å². The molecule has 0 aromatic carbocycles. The number of nitrogens with zero attached hydrogens (tertiary/aromatic N) is 1. The van der Waals surface area contributed by atoms with Crippen molar-refractivity contribution < 1.29 is 4.79 Å². The number of hydrogen-bond acceptors (Lipinski definition) is 3. The Bertz CT molecular complexity index is 253. The van der Waals surface area contributed by atoms with Crippen LogP contribution in [0.4, 0.5) is 0 Å². The fourth-order valence-electron chi connectivity index (χ4n) is 2.36. The largest absolute Gasteiger partial charge is 0.352 e. The second kappa shape index (κ2) is 6.36. The van der Waals surface area contributed by atoms with E-state index in [1.165, 1.54) is 12.8 Å². The Labute approximate surface area is 105 Å². The van der Waals surface area contributed by atoms with Gasteiger partial charge in [-0.05, 0) is 45.7 Å². The van der Waals surface area contributed by atoms with Gasteiger partial charge in [0.05, 0.1) is 6.04 Å². The minimum Gasteiger partial charge on any atom is -0.352 e. The number of carbonyl (C=O) groups is 1. The summed E-state index contributed by atoms with van der Waals surface area (Å²) in [6, 6.07) is 0.507. The quantitative estimate of drug-likeness (QED) is 0.771. The molecule has 0 heterocycles. The van der Waals surface area contributed by atoms with Crippen LogP contribution in [0.25, 0.3) is 0 Å². The average molecular weight is 241 g/mol. The van der Waals surface area contributed by atoms with Crippen LogP contribution in [0, 0.1) is 5.92 Å². The Balaban J connectivity index is 2.43. The van der Waals surface area contributed by atoms with Gasteiger partial charge in [0.15, 0.2) is 0 Å². The van der Waals surface area contributed by atoms with Crippen LogP contribution >= 0.6 is 0 Å². The number of rotatable bonds is 4. The van der Waals surface area contributed by atoms with Crippen molar-refractivity contribution in [3.63, 3.8) is 0 Å². The normalized spacial score (nSPS) is 27.2. The fraction of sp³-hybridized carbons (Fsp3) is 0.923. The predicted molar refractivity (Wildman–Crippen MR) is 70.7 cm³/mol. The molecule has 17 heavy (non-hydrogen) atoms. The molecule has 1 amide bonds. The van der Waals surface area contributed by atoms with Crippen molar-refractivity contribution in [2.75, 3.05) is 14.1 Å². The molecule has 100 valence electrons. The minimum absolute atomic E-state index is 0.00408. The van der Waals surface area contributed by atoms with Crippen LogP contribution in [-0.2, 0) is 4.79 Å². The molecule has 0 aromatic heterocycles. The van der Waals surface area contributed by atoms with Gasteiger partial charge >= 0.3 is 0 Å². The SMILES string of the molecule is CC(C)[C@H](N)C(=O)NC1CCCC(N(C)C)C1. The standard InChI is InChI=1S/C13H27N3O/c1-9(2)12(14)13(17)15-10-6-5-7-11(8-10)16(3)4/h9-12H,5-8,14H2,1-4H3,(H,15,17)/t10?,11?,12-/m0/s1. The van der Waals surface area contributed by atoms with Crippen LogP contribution in [-0.4, -0.2) is 43.0 Å². The molecule has 0 aliphatic heterocycles. The molecule has 4 heteroatoms.